The first kappa shape index (κ1) is 15.8. The zero-order chi connectivity index (χ0) is 16.7. The van der Waals surface area contributed by atoms with Gasteiger partial charge >= 0.3 is 0 Å². The molecule has 1 N–H and O–H groups in total. The Labute approximate surface area is 155 Å². The fourth-order valence-electron chi connectivity index (χ4n) is 2.96. The summed E-state index contributed by atoms with van der Waals surface area (Å²) in [5, 5.41) is 2.77. The van der Waals surface area contributed by atoms with Gasteiger partial charge in [-0.1, -0.05) is 0 Å². The van der Waals surface area contributed by atoms with Gasteiger partial charge in [0.25, 0.3) is 11.5 Å². The maximum absolute atomic E-state index is 12.8. The minimum Gasteiger partial charge on any atom is -0.322 e. The van der Waals surface area contributed by atoms with Crippen molar-refractivity contribution in [3.05, 3.63) is 60.5 Å². The van der Waals surface area contributed by atoms with E-state index < -0.39 is 5.91 Å². The van der Waals surface area contributed by atoms with Crippen LogP contribution in [0.15, 0.2) is 35.3 Å². The number of nitrogens with zero attached hydrogens (tertiary/aromatic N) is 2. The molecule has 1 aromatic carbocycles. The summed E-state index contributed by atoms with van der Waals surface area (Å²) in [5.41, 5.74) is 1.50. The number of nitrogens with one attached hydrogen (secondary N) is 1. The number of hydrogen-bond acceptors (Lipinski definition) is 4. The summed E-state index contributed by atoms with van der Waals surface area (Å²) in [4.78, 5) is 31.6. The number of anilines is 1. The van der Waals surface area contributed by atoms with Gasteiger partial charge in [-0.2, -0.15) is 0 Å². The van der Waals surface area contributed by atoms with E-state index in [2.05, 4.69) is 32.9 Å². The van der Waals surface area contributed by atoms with Crippen molar-refractivity contribution in [3.8, 4) is 0 Å². The molecule has 0 saturated heterocycles. The second-order valence-corrected chi connectivity index (χ2v) is 8.04. The number of hydrogen-bond donors (Lipinski definition) is 1. The molecule has 122 valence electrons. The lowest BCUT2D eigenvalue weighted by Crippen LogP contribution is -2.27. The van der Waals surface area contributed by atoms with Gasteiger partial charge in [-0.3, -0.25) is 14.0 Å². The number of carbonyl (C=O) groups excluding carboxylic acids is 1. The van der Waals surface area contributed by atoms with Gasteiger partial charge in [0.15, 0.2) is 4.96 Å². The summed E-state index contributed by atoms with van der Waals surface area (Å²) >= 11 is 3.76. The standard InChI is InChI=1S/C17H14IN3O2S/c18-10-5-7-11(8-6-10)20-15(22)12-9-19-17-21(16(12)23)13-3-1-2-4-14(13)24-17/h5-9H,1-4H2,(H,20,22). The molecule has 3 aromatic rings. The van der Waals surface area contributed by atoms with E-state index >= 15 is 0 Å². The van der Waals surface area contributed by atoms with Crippen molar-refractivity contribution in [1.29, 1.82) is 0 Å². The van der Waals surface area contributed by atoms with Crippen LogP contribution in [0.3, 0.4) is 0 Å². The minimum absolute atomic E-state index is 0.0808. The van der Waals surface area contributed by atoms with Crippen LogP contribution in [-0.4, -0.2) is 15.3 Å². The highest BCUT2D eigenvalue weighted by Crippen LogP contribution is 2.28. The monoisotopic (exact) mass is 451 g/mol. The number of carbonyl (C=O) groups is 1. The van der Waals surface area contributed by atoms with Crippen LogP contribution in [0.1, 0.15) is 33.8 Å². The second-order valence-electron chi connectivity index (χ2n) is 5.74. The predicted octanol–water partition coefficient (Wildman–Crippen LogP) is 3.49. The summed E-state index contributed by atoms with van der Waals surface area (Å²) in [5.74, 6) is -0.418. The molecule has 0 spiro atoms. The van der Waals surface area contributed by atoms with Crippen LogP contribution < -0.4 is 10.9 Å². The molecule has 0 radical (unpaired) electrons. The van der Waals surface area contributed by atoms with Gasteiger partial charge in [0.1, 0.15) is 5.56 Å². The number of amides is 1. The highest BCUT2D eigenvalue weighted by molar-refractivity contribution is 14.1. The van der Waals surface area contributed by atoms with E-state index in [1.165, 1.54) is 11.1 Å². The Balaban J connectivity index is 1.74. The van der Waals surface area contributed by atoms with Crippen molar-refractivity contribution in [2.24, 2.45) is 0 Å². The van der Waals surface area contributed by atoms with Crippen LogP contribution >= 0.6 is 33.9 Å². The molecule has 0 aliphatic heterocycles. The summed E-state index contributed by atoms with van der Waals surface area (Å²) < 4.78 is 2.71. The number of benzene rings is 1. The molecular weight excluding hydrogens is 437 g/mol. The molecule has 7 heteroatoms. The Morgan fingerprint density at radius 1 is 1.21 bits per heavy atom. The number of aryl methyl sites for hydroxylation is 2. The van der Waals surface area contributed by atoms with Gasteiger partial charge in [0.2, 0.25) is 0 Å². The number of halogens is 1. The van der Waals surface area contributed by atoms with Crippen LogP contribution in [0.5, 0.6) is 0 Å². The van der Waals surface area contributed by atoms with Gasteiger partial charge in [0.05, 0.1) is 0 Å². The smallest absolute Gasteiger partial charge is 0.271 e. The van der Waals surface area contributed by atoms with Crippen molar-refractivity contribution >= 4 is 50.5 Å². The first-order chi connectivity index (χ1) is 11.6. The molecule has 2 aromatic heterocycles. The van der Waals surface area contributed by atoms with Crippen molar-refractivity contribution in [1.82, 2.24) is 9.38 Å². The van der Waals surface area contributed by atoms with E-state index in [0.717, 1.165) is 34.9 Å². The Morgan fingerprint density at radius 3 is 2.75 bits per heavy atom. The first-order valence-electron chi connectivity index (χ1n) is 7.73. The van der Waals surface area contributed by atoms with E-state index in [4.69, 9.17) is 0 Å². The predicted molar refractivity (Wildman–Crippen MR) is 103 cm³/mol. The maximum atomic E-state index is 12.8. The largest absolute Gasteiger partial charge is 0.322 e. The average Bonchev–Trinajstić information content (AvgIpc) is 2.96. The summed E-state index contributed by atoms with van der Waals surface area (Å²) in [6, 6.07) is 7.44. The van der Waals surface area contributed by atoms with E-state index in [1.54, 1.807) is 15.7 Å². The molecule has 24 heavy (non-hydrogen) atoms. The Morgan fingerprint density at radius 2 is 1.96 bits per heavy atom. The van der Waals surface area contributed by atoms with Crippen LogP contribution in [0, 0.1) is 3.57 Å². The van der Waals surface area contributed by atoms with Crippen molar-refractivity contribution in [2.75, 3.05) is 5.32 Å². The zero-order valence-electron chi connectivity index (χ0n) is 12.7. The van der Waals surface area contributed by atoms with Crippen molar-refractivity contribution in [2.45, 2.75) is 25.7 Å². The molecule has 0 saturated carbocycles. The molecular formula is C17H14IN3O2S. The lowest BCUT2D eigenvalue weighted by Gasteiger charge is -2.10. The Hall–Kier alpha value is -1.74. The van der Waals surface area contributed by atoms with Gasteiger partial charge in [-0.05, 0) is 72.5 Å². The third-order valence-electron chi connectivity index (χ3n) is 4.15. The van der Waals surface area contributed by atoms with Crippen LogP contribution in [0.2, 0.25) is 0 Å². The number of rotatable bonds is 2. The lowest BCUT2D eigenvalue weighted by molar-refractivity contribution is 0.102. The molecule has 1 aliphatic rings. The van der Waals surface area contributed by atoms with E-state index in [0.29, 0.717) is 10.6 Å². The zero-order valence-corrected chi connectivity index (χ0v) is 15.7. The lowest BCUT2D eigenvalue weighted by atomic mass is 10.0. The molecule has 0 atom stereocenters. The molecule has 0 bridgehead atoms. The van der Waals surface area contributed by atoms with E-state index in [-0.39, 0.29) is 11.1 Å². The number of aromatic nitrogens is 2. The van der Waals surface area contributed by atoms with Crippen LogP contribution in [-0.2, 0) is 12.8 Å². The minimum atomic E-state index is -0.418. The second kappa shape index (κ2) is 6.29. The van der Waals surface area contributed by atoms with Gasteiger partial charge in [0, 0.05) is 26.0 Å². The van der Waals surface area contributed by atoms with Gasteiger partial charge < -0.3 is 5.32 Å². The van der Waals surface area contributed by atoms with Crippen molar-refractivity contribution in [3.63, 3.8) is 0 Å². The number of thiazole rings is 1. The molecule has 4 rings (SSSR count). The van der Waals surface area contributed by atoms with E-state index in [9.17, 15) is 9.59 Å². The Kier molecular flexibility index (Phi) is 4.13. The summed E-state index contributed by atoms with van der Waals surface area (Å²) in [6.45, 7) is 0. The fraction of sp³-hybridized carbons (Fsp3) is 0.235. The number of fused-ring (bicyclic) bond motifs is 3. The molecule has 1 aliphatic carbocycles. The first-order valence-corrected chi connectivity index (χ1v) is 9.62. The topological polar surface area (TPSA) is 63.5 Å². The normalized spacial score (nSPS) is 13.7. The van der Waals surface area contributed by atoms with Crippen LogP contribution in [0.4, 0.5) is 5.69 Å². The third-order valence-corrected chi connectivity index (χ3v) is 6.03. The fourth-order valence-corrected chi connectivity index (χ4v) is 4.48. The van der Waals surface area contributed by atoms with Crippen molar-refractivity contribution < 1.29 is 4.79 Å². The highest BCUT2D eigenvalue weighted by atomic mass is 127. The molecule has 5 nitrogen and oxygen atoms in total. The Bertz CT molecular complexity index is 991. The molecule has 2 heterocycles. The molecule has 0 unspecified atom stereocenters. The highest BCUT2D eigenvalue weighted by Gasteiger charge is 2.21. The average molecular weight is 451 g/mol. The quantitative estimate of drug-likeness (QED) is 0.607. The summed E-state index contributed by atoms with van der Waals surface area (Å²) in [6.07, 6.45) is 5.48. The molecule has 1 amide bonds. The van der Waals surface area contributed by atoms with Gasteiger partial charge in [-0.15, -0.1) is 11.3 Å². The third kappa shape index (κ3) is 2.75. The maximum Gasteiger partial charge on any atom is 0.271 e. The summed E-state index contributed by atoms with van der Waals surface area (Å²) in [7, 11) is 0. The van der Waals surface area contributed by atoms with Gasteiger partial charge in [-0.25, -0.2) is 4.98 Å². The van der Waals surface area contributed by atoms with Crippen LogP contribution in [0.25, 0.3) is 4.96 Å². The molecule has 0 fully saturated rings. The SMILES string of the molecule is O=C(Nc1ccc(I)cc1)c1cnc2sc3c(n2c1=O)CCCC3. The van der Waals surface area contributed by atoms with E-state index in [1.807, 2.05) is 24.3 Å².